The Morgan fingerprint density at radius 2 is 1.89 bits per heavy atom. The minimum absolute atomic E-state index is 0.127. The number of imidazole rings is 1. The summed E-state index contributed by atoms with van der Waals surface area (Å²) >= 11 is 3.44. The lowest BCUT2D eigenvalue weighted by Gasteiger charge is -2.18. The molecule has 3 nitrogen and oxygen atoms in total. The number of nitrogens with one attached hydrogen (secondary N) is 1. The van der Waals surface area contributed by atoms with Crippen LogP contribution in [0, 0.1) is 6.92 Å². The molecule has 0 bridgehead atoms. The second-order valence-electron chi connectivity index (χ2n) is 5.15. The molecule has 1 aromatic heterocycles. The molecule has 0 unspecified atom stereocenters. The van der Waals surface area contributed by atoms with Crippen LogP contribution in [0.2, 0.25) is 0 Å². The lowest BCUT2D eigenvalue weighted by Crippen LogP contribution is -2.29. The second-order valence-corrected chi connectivity index (χ2v) is 6.07. The molecule has 0 aliphatic rings. The van der Waals surface area contributed by atoms with Crippen LogP contribution in [0.25, 0.3) is 11.3 Å². The molecule has 0 aliphatic heterocycles. The Hall–Kier alpha value is -1.13. The quantitative estimate of drug-likeness (QED) is 0.913. The fourth-order valence-electron chi connectivity index (χ4n) is 1.77. The molecule has 1 aromatic carbocycles. The first-order valence-electron chi connectivity index (χ1n) is 5.97. The fourth-order valence-corrected chi connectivity index (χ4v) is 2.03. The summed E-state index contributed by atoms with van der Waals surface area (Å²) in [6.45, 7) is 6.80. The molecule has 0 radical (unpaired) electrons. The van der Waals surface area contributed by atoms with Crippen LogP contribution in [0.4, 0.5) is 0 Å². The maximum Gasteiger partial charge on any atom is 0.113 e. The number of nitrogens with zero attached hydrogens (tertiary/aromatic N) is 1. The molecule has 0 aliphatic carbocycles. The van der Waals surface area contributed by atoms with Crippen molar-refractivity contribution in [3.8, 4) is 11.3 Å². The van der Waals surface area contributed by atoms with Crippen LogP contribution in [-0.2, 0) is 5.41 Å². The molecular weight excluding hydrogens is 290 g/mol. The van der Waals surface area contributed by atoms with Gasteiger partial charge in [-0.3, -0.25) is 0 Å². The number of aromatic nitrogens is 2. The normalized spacial score (nSPS) is 11.8. The molecule has 96 valence electrons. The number of aromatic amines is 1. The minimum atomic E-state index is -0.127. The van der Waals surface area contributed by atoms with Crippen molar-refractivity contribution in [1.82, 2.24) is 9.97 Å². The van der Waals surface area contributed by atoms with Crippen molar-refractivity contribution in [2.24, 2.45) is 5.73 Å². The van der Waals surface area contributed by atoms with Gasteiger partial charge < -0.3 is 10.7 Å². The number of H-pyrrole nitrogens is 1. The third-order valence-corrected chi connectivity index (χ3v) is 3.68. The highest BCUT2D eigenvalue weighted by Gasteiger charge is 2.23. The molecule has 0 spiro atoms. The Kier molecular flexibility index (Phi) is 3.59. The molecule has 1 heterocycles. The average molecular weight is 308 g/mol. The molecule has 4 heteroatoms. The SMILES string of the molecule is Cc1[nH]c(C(C)(C)CN)nc1-c1ccc(Br)cc1. The monoisotopic (exact) mass is 307 g/mol. The molecule has 0 fully saturated rings. The summed E-state index contributed by atoms with van der Waals surface area (Å²) in [7, 11) is 0. The van der Waals surface area contributed by atoms with Gasteiger partial charge in [0.05, 0.1) is 5.69 Å². The number of hydrogen-bond acceptors (Lipinski definition) is 2. The van der Waals surface area contributed by atoms with Gasteiger partial charge in [-0.1, -0.05) is 41.9 Å². The van der Waals surface area contributed by atoms with Gasteiger partial charge in [0.2, 0.25) is 0 Å². The Morgan fingerprint density at radius 3 is 2.44 bits per heavy atom. The van der Waals surface area contributed by atoms with E-state index in [1.165, 1.54) is 0 Å². The van der Waals surface area contributed by atoms with Gasteiger partial charge in [0.1, 0.15) is 5.82 Å². The lowest BCUT2D eigenvalue weighted by molar-refractivity contribution is 0.507. The molecule has 18 heavy (non-hydrogen) atoms. The fraction of sp³-hybridized carbons (Fsp3) is 0.357. The van der Waals surface area contributed by atoms with Crippen molar-refractivity contribution in [2.75, 3.05) is 6.54 Å². The number of benzene rings is 1. The molecule has 0 amide bonds. The van der Waals surface area contributed by atoms with Crippen molar-refractivity contribution in [2.45, 2.75) is 26.2 Å². The standard InChI is InChI=1S/C14H18BrN3/c1-9-12(10-4-6-11(15)7-5-10)18-13(17-9)14(2,3)8-16/h4-7H,8,16H2,1-3H3,(H,17,18). The van der Waals surface area contributed by atoms with Crippen LogP contribution in [0.3, 0.4) is 0 Å². The van der Waals surface area contributed by atoms with Crippen LogP contribution in [0.15, 0.2) is 28.7 Å². The first-order chi connectivity index (χ1) is 8.44. The number of hydrogen-bond donors (Lipinski definition) is 2. The largest absolute Gasteiger partial charge is 0.345 e. The maximum absolute atomic E-state index is 5.79. The Labute approximate surface area is 116 Å². The van der Waals surface area contributed by atoms with Crippen LogP contribution in [-0.4, -0.2) is 16.5 Å². The highest BCUT2D eigenvalue weighted by atomic mass is 79.9. The Morgan fingerprint density at radius 1 is 1.28 bits per heavy atom. The smallest absolute Gasteiger partial charge is 0.113 e. The van der Waals surface area contributed by atoms with Gasteiger partial charge in [-0.15, -0.1) is 0 Å². The van der Waals surface area contributed by atoms with Gasteiger partial charge in [0.25, 0.3) is 0 Å². The van der Waals surface area contributed by atoms with E-state index in [2.05, 4.69) is 46.9 Å². The van der Waals surface area contributed by atoms with Crippen molar-refractivity contribution in [3.63, 3.8) is 0 Å². The van der Waals surface area contributed by atoms with Crippen molar-refractivity contribution in [1.29, 1.82) is 0 Å². The molecule has 0 saturated heterocycles. The number of rotatable bonds is 3. The highest BCUT2D eigenvalue weighted by Crippen LogP contribution is 2.27. The van der Waals surface area contributed by atoms with Gasteiger partial charge in [-0.25, -0.2) is 4.98 Å². The summed E-state index contributed by atoms with van der Waals surface area (Å²) < 4.78 is 1.07. The van der Waals surface area contributed by atoms with Crippen LogP contribution in [0.5, 0.6) is 0 Å². The predicted octanol–water partition coefficient (Wildman–Crippen LogP) is 3.38. The van der Waals surface area contributed by atoms with Crippen LogP contribution in [0.1, 0.15) is 25.4 Å². The summed E-state index contributed by atoms with van der Waals surface area (Å²) in [5.41, 5.74) is 8.86. The molecule has 0 saturated carbocycles. The maximum atomic E-state index is 5.79. The van der Waals surface area contributed by atoms with Crippen LogP contribution >= 0.6 is 15.9 Å². The van der Waals surface area contributed by atoms with Crippen LogP contribution < -0.4 is 5.73 Å². The third kappa shape index (κ3) is 2.49. The van der Waals surface area contributed by atoms with E-state index in [1.54, 1.807) is 0 Å². The number of nitrogens with two attached hydrogens (primary N) is 1. The van der Waals surface area contributed by atoms with Crippen molar-refractivity contribution < 1.29 is 0 Å². The number of halogens is 1. The van der Waals surface area contributed by atoms with E-state index >= 15 is 0 Å². The van der Waals surface area contributed by atoms with Gasteiger partial charge in [-0.05, 0) is 19.1 Å². The van der Waals surface area contributed by atoms with E-state index in [-0.39, 0.29) is 5.41 Å². The van der Waals surface area contributed by atoms with Gasteiger partial charge >= 0.3 is 0 Å². The molecular formula is C14H18BrN3. The van der Waals surface area contributed by atoms with E-state index in [4.69, 9.17) is 10.7 Å². The van der Waals surface area contributed by atoms with Gasteiger partial charge in [0.15, 0.2) is 0 Å². The zero-order valence-electron chi connectivity index (χ0n) is 10.9. The zero-order chi connectivity index (χ0) is 13.3. The number of aryl methyl sites for hydroxylation is 1. The first-order valence-corrected chi connectivity index (χ1v) is 6.76. The second kappa shape index (κ2) is 4.86. The average Bonchev–Trinajstić information content (AvgIpc) is 2.73. The molecule has 2 aromatic rings. The molecule has 3 N–H and O–H groups in total. The minimum Gasteiger partial charge on any atom is -0.345 e. The van der Waals surface area contributed by atoms with E-state index in [1.807, 2.05) is 19.1 Å². The van der Waals surface area contributed by atoms with Gasteiger partial charge in [-0.2, -0.15) is 0 Å². The van der Waals surface area contributed by atoms with E-state index in [9.17, 15) is 0 Å². The van der Waals surface area contributed by atoms with Crippen molar-refractivity contribution in [3.05, 3.63) is 40.3 Å². The topological polar surface area (TPSA) is 54.7 Å². The highest BCUT2D eigenvalue weighted by molar-refractivity contribution is 9.10. The first kappa shape index (κ1) is 13.3. The van der Waals surface area contributed by atoms with E-state index in [0.29, 0.717) is 6.54 Å². The lowest BCUT2D eigenvalue weighted by atomic mass is 9.93. The predicted molar refractivity (Wildman–Crippen MR) is 78.5 cm³/mol. The summed E-state index contributed by atoms with van der Waals surface area (Å²) in [6.07, 6.45) is 0. The zero-order valence-corrected chi connectivity index (χ0v) is 12.5. The third-order valence-electron chi connectivity index (χ3n) is 3.15. The van der Waals surface area contributed by atoms with Crippen molar-refractivity contribution >= 4 is 15.9 Å². The van der Waals surface area contributed by atoms with E-state index < -0.39 is 0 Å². The molecule has 2 rings (SSSR count). The van der Waals surface area contributed by atoms with E-state index in [0.717, 1.165) is 27.2 Å². The summed E-state index contributed by atoms with van der Waals surface area (Å²) in [4.78, 5) is 8.05. The Balaban J connectivity index is 2.44. The Bertz CT molecular complexity index is 541. The summed E-state index contributed by atoms with van der Waals surface area (Å²) in [5, 5.41) is 0. The summed E-state index contributed by atoms with van der Waals surface area (Å²) in [6, 6.07) is 8.17. The van der Waals surface area contributed by atoms with Gasteiger partial charge in [0, 0.05) is 27.7 Å². The molecule has 0 atom stereocenters. The summed E-state index contributed by atoms with van der Waals surface area (Å²) in [5.74, 6) is 0.945.